The number of hydrogen-bond acceptors (Lipinski definition) is 3. The van der Waals surface area contributed by atoms with Crippen LogP contribution in [-0.2, 0) is 5.41 Å². The van der Waals surface area contributed by atoms with Gasteiger partial charge in [0.05, 0.1) is 27.8 Å². The van der Waals surface area contributed by atoms with E-state index < -0.39 is 0 Å². The molecule has 3 heterocycles. The van der Waals surface area contributed by atoms with Crippen LogP contribution in [0.5, 0.6) is 0 Å². The first-order chi connectivity index (χ1) is 19.1. The third-order valence-electron chi connectivity index (χ3n) is 8.66. The van der Waals surface area contributed by atoms with E-state index in [0.29, 0.717) is 0 Å². The number of benzene rings is 5. The molecule has 0 aliphatic heterocycles. The second-order valence-electron chi connectivity index (χ2n) is 11.1. The van der Waals surface area contributed by atoms with E-state index in [0.717, 1.165) is 38.7 Å². The molecule has 3 aromatic heterocycles. The number of para-hydroxylation sites is 3. The average molecular weight is 502 g/mol. The fraction of sp³-hybridized carbons (Fsp3) is 0.0857. The normalized spacial score (nSPS) is 14.1. The van der Waals surface area contributed by atoms with Crippen LogP contribution >= 0.6 is 0 Å². The lowest BCUT2D eigenvalue weighted by atomic mass is 9.81. The molecule has 1 aliphatic carbocycles. The molecule has 39 heavy (non-hydrogen) atoms. The predicted molar refractivity (Wildman–Crippen MR) is 159 cm³/mol. The summed E-state index contributed by atoms with van der Waals surface area (Å²) >= 11 is 0. The lowest BCUT2D eigenvalue weighted by Crippen LogP contribution is -2.16. The highest BCUT2D eigenvalue weighted by molar-refractivity contribution is 6.15. The van der Waals surface area contributed by atoms with Gasteiger partial charge in [0.15, 0.2) is 5.58 Å². The van der Waals surface area contributed by atoms with Gasteiger partial charge in [-0.1, -0.05) is 74.5 Å². The van der Waals surface area contributed by atoms with Crippen molar-refractivity contribution in [3.8, 4) is 16.8 Å². The zero-order chi connectivity index (χ0) is 25.9. The smallest absolute Gasteiger partial charge is 0.159 e. The fourth-order valence-electron chi connectivity index (χ4n) is 6.96. The summed E-state index contributed by atoms with van der Waals surface area (Å²) in [7, 11) is 0. The molecule has 4 heteroatoms. The number of fused-ring (bicyclic) bond motifs is 11. The molecule has 0 saturated heterocycles. The summed E-state index contributed by atoms with van der Waals surface area (Å²) in [5.74, 6) is 0. The zero-order valence-electron chi connectivity index (χ0n) is 21.6. The minimum Gasteiger partial charge on any atom is -0.454 e. The molecule has 8 aromatic rings. The molecule has 0 spiro atoms. The monoisotopic (exact) mass is 501 g/mol. The number of aromatic nitrogens is 3. The van der Waals surface area contributed by atoms with Crippen LogP contribution in [0.4, 0.5) is 0 Å². The van der Waals surface area contributed by atoms with E-state index in [9.17, 15) is 0 Å². The van der Waals surface area contributed by atoms with Gasteiger partial charge in [-0.05, 0) is 52.6 Å². The third kappa shape index (κ3) is 2.58. The van der Waals surface area contributed by atoms with Gasteiger partial charge < -0.3 is 8.98 Å². The maximum Gasteiger partial charge on any atom is 0.159 e. The second kappa shape index (κ2) is 7.12. The quantitative estimate of drug-likeness (QED) is 0.225. The lowest BCUT2D eigenvalue weighted by Gasteiger charge is -2.24. The van der Waals surface area contributed by atoms with Crippen molar-refractivity contribution >= 4 is 54.8 Å². The summed E-state index contributed by atoms with van der Waals surface area (Å²) in [4.78, 5) is 9.24. The van der Waals surface area contributed by atoms with Crippen molar-refractivity contribution in [2.24, 2.45) is 0 Å². The fourth-order valence-corrected chi connectivity index (χ4v) is 6.96. The summed E-state index contributed by atoms with van der Waals surface area (Å²) in [6.07, 6.45) is 3.54. The van der Waals surface area contributed by atoms with Crippen LogP contribution in [-0.4, -0.2) is 14.5 Å². The van der Waals surface area contributed by atoms with Crippen molar-refractivity contribution in [2.45, 2.75) is 19.3 Å². The van der Waals surface area contributed by atoms with Crippen LogP contribution in [0.3, 0.4) is 0 Å². The summed E-state index contributed by atoms with van der Waals surface area (Å²) < 4.78 is 8.98. The number of furan rings is 1. The maximum absolute atomic E-state index is 6.55. The van der Waals surface area contributed by atoms with Crippen LogP contribution in [0, 0.1) is 0 Å². The predicted octanol–water partition coefficient (Wildman–Crippen LogP) is 8.93. The molecule has 0 N–H and O–H groups in total. The van der Waals surface area contributed by atoms with Crippen LogP contribution in [0.25, 0.3) is 71.6 Å². The molecule has 5 aromatic carbocycles. The van der Waals surface area contributed by atoms with Gasteiger partial charge in [-0.2, -0.15) is 0 Å². The van der Waals surface area contributed by atoms with Crippen molar-refractivity contribution in [2.75, 3.05) is 0 Å². The van der Waals surface area contributed by atoms with Crippen molar-refractivity contribution < 1.29 is 4.42 Å². The SMILES string of the molecule is CC1(C)c2cc3nccnc3cc2-c2ccc3c4ccccc4n(-c4cccc5c4oc4ccccc45)c3c21. The molecule has 4 nitrogen and oxygen atoms in total. The van der Waals surface area contributed by atoms with Gasteiger partial charge >= 0.3 is 0 Å². The van der Waals surface area contributed by atoms with Crippen molar-refractivity contribution in [3.05, 3.63) is 115 Å². The van der Waals surface area contributed by atoms with E-state index in [-0.39, 0.29) is 5.41 Å². The maximum atomic E-state index is 6.55. The van der Waals surface area contributed by atoms with Gasteiger partial charge in [0, 0.05) is 39.4 Å². The topological polar surface area (TPSA) is 43.9 Å². The number of rotatable bonds is 1. The molecule has 0 atom stereocenters. The summed E-state index contributed by atoms with van der Waals surface area (Å²) in [5.41, 5.74) is 12.0. The van der Waals surface area contributed by atoms with Gasteiger partial charge in [0.2, 0.25) is 0 Å². The molecular weight excluding hydrogens is 478 g/mol. The summed E-state index contributed by atoms with van der Waals surface area (Å²) in [5, 5.41) is 4.76. The summed E-state index contributed by atoms with van der Waals surface area (Å²) in [6, 6.07) is 32.5. The molecule has 1 aliphatic rings. The van der Waals surface area contributed by atoms with Gasteiger partial charge in [0.1, 0.15) is 5.58 Å². The standard InChI is InChI=1S/C35H23N3O/c1-35(2)26-19-28-27(36-16-17-37-28)18-25(26)22-14-15-23-20-8-3-5-11-29(20)38(33(23)32(22)35)30-12-7-10-24-21-9-4-6-13-31(21)39-34(24)30/h3-19H,1-2H3. The Morgan fingerprint density at radius 2 is 1.41 bits per heavy atom. The van der Waals surface area contributed by atoms with E-state index in [1.807, 2.05) is 6.07 Å². The molecular formula is C35H23N3O. The molecule has 9 rings (SSSR count). The van der Waals surface area contributed by atoms with Gasteiger partial charge in [-0.25, -0.2) is 0 Å². The molecule has 0 radical (unpaired) electrons. The van der Waals surface area contributed by atoms with Crippen LogP contribution in [0.15, 0.2) is 108 Å². The van der Waals surface area contributed by atoms with Crippen LogP contribution in [0.1, 0.15) is 25.0 Å². The summed E-state index contributed by atoms with van der Waals surface area (Å²) in [6.45, 7) is 4.67. The largest absolute Gasteiger partial charge is 0.454 e. The molecule has 0 fully saturated rings. The molecule has 0 saturated carbocycles. The van der Waals surface area contributed by atoms with E-state index in [1.165, 1.54) is 44.1 Å². The van der Waals surface area contributed by atoms with Crippen molar-refractivity contribution in [1.29, 1.82) is 0 Å². The number of nitrogens with zero attached hydrogens (tertiary/aromatic N) is 3. The zero-order valence-corrected chi connectivity index (χ0v) is 21.6. The Hall–Kier alpha value is -4.96. The Bertz CT molecular complexity index is 2320. The highest BCUT2D eigenvalue weighted by Crippen LogP contribution is 2.54. The van der Waals surface area contributed by atoms with Gasteiger partial charge in [-0.15, -0.1) is 0 Å². The Kier molecular flexibility index (Phi) is 3.84. The van der Waals surface area contributed by atoms with Crippen LogP contribution < -0.4 is 0 Å². The average Bonchev–Trinajstić information content (AvgIpc) is 3.58. The van der Waals surface area contributed by atoms with Gasteiger partial charge in [-0.3, -0.25) is 9.97 Å². The Morgan fingerprint density at radius 1 is 0.667 bits per heavy atom. The molecule has 0 unspecified atom stereocenters. The Labute approximate surface area is 224 Å². The first kappa shape index (κ1) is 21.0. The first-order valence-electron chi connectivity index (χ1n) is 13.3. The van der Waals surface area contributed by atoms with E-state index in [4.69, 9.17) is 4.42 Å². The van der Waals surface area contributed by atoms with E-state index >= 15 is 0 Å². The van der Waals surface area contributed by atoms with Crippen LogP contribution in [0.2, 0.25) is 0 Å². The van der Waals surface area contributed by atoms with E-state index in [1.54, 1.807) is 12.4 Å². The molecule has 0 amide bonds. The second-order valence-corrected chi connectivity index (χ2v) is 11.1. The highest BCUT2D eigenvalue weighted by atomic mass is 16.3. The Balaban J connectivity index is 1.47. The Morgan fingerprint density at radius 3 is 2.28 bits per heavy atom. The van der Waals surface area contributed by atoms with Gasteiger partial charge in [0.25, 0.3) is 0 Å². The molecule has 0 bridgehead atoms. The minimum absolute atomic E-state index is 0.232. The van der Waals surface area contributed by atoms with Crippen molar-refractivity contribution in [1.82, 2.24) is 14.5 Å². The minimum atomic E-state index is -0.232. The number of hydrogen-bond donors (Lipinski definition) is 0. The third-order valence-corrected chi connectivity index (χ3v) is 8.66. The first-order valence-corrected chi connectivity index (χ1v) is 13.3. The van der Waals surface area contributed by atoms with E-state index in [2.05, 4.69) is 113 Å². The highest BCUT2D eigenvalue weighted by Gasteiger charge is 2.39. The lowest BCUT2D eigenvalue weighted by molar-refractivity contribution is 0.660. The van der Waals surface area contributed by atoms with Crippen molar-refractivity contribution in [3.63, 3.8) is 0 Å². The molecule has 184 valence electrons.